The van der Waals surface area contributed by atoms with Gasteiger partial charge in [-0.15, -0.1) is 0 Å². The smallest absolute Gasteiger partial charge is 0.177 e. The van der Waals surface area contributed by atoms with Crippen LogP contribution in [0.5, 0.6) is 0 Å². The number of rotatable bonds is 6. The summed E-state index contributed by atoms with van der Waals surface area (Å²) in [5, 5.41) is 0. The Kier molecular flexibility index (Phi) is 5.18. The first-order valence-electron chi connectivity index (χ1n) is 5.40. The quantitative estimate of drug-likeness (QED) is 0.781. The molecule has 0 amide bonds. The molecule has 1 unspecified atom stereocenters. The van der Waals surface area contributed by atoms with Crippen molar-refractivity contribution in [2.45, 2.75) is 32.4 Å². The van der Waals surface area contributed by atoms with Crippen molar-refractivity contribution in [3.8, 4) is 0 Å². The molecule has 0 saturated carbocycles. The maximum Gasteiger partial charge on any atom is 0.177 e. The highest BCUT2D eigenvalue weighted by Gasteiger charge is 2.13. The highest BCUT2D eigenvalue weighted by molar-refractivity contribution is 7.71. The van der Waals surface area contributed by atoms with Crippen LogP contribution in [0.2, 0.25) is 0 Å². The molecule has 1 heterocycles. The molecule has 0 fully saturated rings. The lowest BCUT2D eigenvalue weighted by Gasteiger charge is -2.17. The number of nitrogens with zero attached hydrogens (tertiary/aromatic N) is 1. The van der Waals surface area contributed by atoms with Crippen LogP contribution in [-0.4, -0.2) is 36.5 Å². The molecule has 0 aromatic carbocycles. The molecular formula is C11H20N2O2S. The van der Waals surface area contributed by atoms with Crippen molar-refractivity contribution in [1.29, 1.82) is 0 Å². The molecule has 4 nitrogen and oxygen atoms in total. The molecule has 1 N–H and O–H groups in total. The number of methoxy groups -OCH3 is 2. The van der Waals surface area contributed by atoms with E-state index >= 15 is 0 Å². The number of hydrogen-bond donors (Lipinski definition) is 1. The minimum atomic E-state index is 0.0324. The molecule has 0 spiro atoms. The van der Waals surface area contributed by atoms with E-state index < -0.39 is 0 Å². The average molecular weight is 244 g/mol. The molecule has 0 aliphatic rings. The normalized spacial score (nSPS) is 13.3. The zero-order chi connectivity index (χ0) is 12.1. The molecular weight excluding hydrogens is 224 g/mol. The van der Waals surface area contributed by atoms with Gasteiger partial charge in [-0.1, -0.05) is 13.8 Å². The van der Waals surface area contributed by atoms with Gasteiger partial charge in [-0.05, 0) is 18.1 Å². The Morgan fingerprint density at radius 1 is 1.44 bits per heavy atom. The predicted octanol–water partition coefficient (Wildman–Crippen LogP) is 2.33. The van der Waals surface area contributed by atoms with Crippen molar-refractivity contribution in [2.24, 2.45) is 0 Å². The number of hydrogen-bond acceptors (Lipinski definition) is 3. The summed E-state index contributed by atoms with van der Waals surface area (Å²) in [5.41, 5.74) is 1.20. The Morgan fingerprint density at radius 3 is 2.62 bits per heavy atom. The fraction of sp³-hybridized carbons (Fsp3) is 0.727. The van der Waals surface area contributed by atoms with Crippen molar-refractivity contribution >= 4 is 12.2 Å². The summed E-state index contributed by atoms with van der Waals surface area (Å²) in [6.07, 6.45) is 2.00. The molecule has 1 aromatic rings. The van der Waals surface area contributed by atoms with E-state index in [0.29, 0.717) is 12.5 Å². The monoisotopic (exact) mass is 244 g/mol. The Bertz CT molecular complexity index is 370. The van der Waals surface area contributed by atoms with Crippen LogP contribution in [0.4, 0.5) is 0 Å². The molecule has 1 aromatic heterocycles. The first-order valence-corrected chi connectivity index (χ1v) is 5.80. The summed E-state index contributed by atoms with van der Waals surface area (Å²) in [7, 11) is 3.36. The van der Waals surface area contributed by atoms with Crippen LogP contribution in [0.25, 0.3) is 0 Å². The van der Waals surface area contributed by atoms with E-state index in [2.05, 4.69) is 23.4 Å². The molecule has 0 aliphatic heterocycles. The van der Waals surface area contributed by atoms with Gasteiger partial charge >= 0.3 is 0 Å². The number of ether oxygens (including phenoxy) is 2. The second-order valence-electron chi connectivity index (χ2n) is 4.10. The summed E-state index contributed by atoms with van der Waals surface area (Å²) >= 11 is 5.25. The van der Waals surface area contributed by atoms with E-state index in [1.807, 2.05) is 6.20 Å². The largest absolute Gasteiger partial charge is 0.382 e. The SMILES string of the molecule is COCC(Cn1c(C(C)C)c[nH]c1=S)OC. The van der Waals surface area contributed by atoms with Crippen molar-refractivity contribution in [3.05, 3.63) is 16.7 Å². The zero-order valence-corrected chi connectivity index (χ0v) is 11.1. The van der Waals surface area contributed by atoms with Gasteiger partial charge in [-0.25, -0.2) is 0 Å². The Labute approximate surface area is 102 Å². The summed E-state index contributed by atoms with van der Waals surface area (Å²) < 4.78 is 13.3. The lowest BCUT2D eigenvalue weighted by atomic mass is 10.1. The summed E-state index contributed by atoms with van der Waals surface area (Å²) in [6.45, 7) is 5.58. The van der Waals surface area contributed by atoms with Gasteiger partial charge in [-0.3, -0.25) is 0 Å². The van der Waals surface area contributed by atoms with Crippen LogP contribution in [-0.2, 0) is 16.0 Å². The second-order valence-corrected chi connectivity index (χ2v) is 4.48. The maximum absolute atomic E-state index is 5.35. The van der Waals surface area contributed by atoms with Crippen LogP contribution in [0.3, 0.4) is 0 Å². The minimum Gasteiger partial charge on any atom is -0.382 e. The van der Waals surface area contributed by atoms with Gasteiger partial charge in [0, 0.05) is 26.1 Å². The third-order valence-corrected chi connectivity index (χ3v) is 2.90. The number of H-pyrrole nitrogens is 1. The minimum absolute atomic E-state index is 0.0324. The fourth-order valence-electron chi connectivity index (χ4n) is 1.66. The van der Waals surface area contributed by atoms with Gasteiger partial charge in [-0.2, -0.15) is 0 Å². The van der Waals surface area contributed by atoms with E-state index in [1.165, 1.54) is 5.69 Å². The summed E-state index contributed by atoms with van der Waals surface area (Å²) in [6, 6.07) is 0. The molecule has 92 valence electrons. The molecule has 1 atom stereocenters. The Hall–Kier alpha value is -0.650. The van der Waals surface area contributed by atoms with Gasteiger partial charge in [0.1, 0.15) is 0 Å². The maximum atomic E-state index is 5.35. The van der Waals surface area contributed by atoms with Gasteiger partial charge < -0.3 is 19.0 Å². The van der Waals surface area contributed by atoms with Gasteiger partial charge in [0.2, 0.25) is 0 Å². The first-order chi connectivity index (χ1) is 7.60. The molecule has 0 saturated heterocycles. The van der Waals surface area contributed by atoms with E-state index in [9.17, 15) is 0 Å². The second kappa shape index (κ2) is 6.18. The first kappa shape index (κ1) is 13.4. The number of aromatic amines is 1. The topological polar surface area (TPSA) is 39.2 Å². The van der Waals surface area contributed by atoms with E-state index in [1.54, 1.807) is 14.2 Å². The number of nitrogens with one attached hydrogen (secondary N) is 1. The van der Waals surface area contributed by atoms with Crippen molar-refractivity contribution in [3.63, 3.8) is 0 Å². The molecule has 5 heteroatoms. The van der Waals surface area contributed by atoms with Crippen molar-refractivity contribution < 1.29 is 9.47 Å². The Balaban J connectivity index is 2.86. The average Bonchev–Trinajstić information content (AvgIpc) is 2.60. The third kappa shape index (κ3) is 3.17. The molecule has 1 rings (SSSR count). The van der Waals surface area contributed by atoms with E-state index in [4.69, 9.17) is 21.7 Å². The third-order valence-electron chi connectivity index (χ3n) is 2.56. The van der Waals surface area contributed by atoms with E-state index in [0.717, 1.165) is 11.3 Å². The molecule has 0 aliphatic carbocycles. The van der Waals surface area contributed by atoms with Gasteiger partial charge in [0.05, 0.1) is 19.3 Å². The predicted molar refractivity (Wildman–Crippen MR) is 66.4 cm³/mol. The van der Waals surface area contributed by atoms with Crippen molar-refractivity contribution in [2.75, 3.05) is 20.8 Å². The van der Waals surface area contributed by atoms with Crippen LogP contribution in [0.1, 0.15) is 25.5 Å². The lowest BCUT2D eigenvalue weighted by Crippen LogP contribution is -2.25. The van der Waals surface area contributed by atoms with Crippen LogP contribution in [0.15, 0.2) is 6.20 Å². The lowest BCUT2D eigenvalue weighted by molar-refractivity contribution is 0.0176. The van der Waals surface area contributed by atoms with Gasteiger partial charge in [0.25, 0.3) is 0 Å². The molecule has 16 heavy (non-hydrogen) atoms. The van der Waals surface area contributed by atoms with Crippen LogP contribution < -0.4 is 0 Å². The Morgan fingerprint density at radius 2 is 2.12 bits per heavy atom. The van der Waals surface area contributed by atoms with Crippen LogP contribution >= 0.6 is 12.2 Å². The highest BCUT2D eigenvalue weighted by Crippen LogP contribution is 2.15. The molecule has 0 radical (unpaired) electrons. The van der Waals surface area contributed by atoms with Crippen LogP contribution in [0, 0.1) is 4.77 Å². The summed E-state index contributed by atoms with van der Waals surface area (Å²) in [4.78, 5) is 3.07. The molecule has 0 bridgehead atoms. The highest BCUT2D eigenvalue weighted by atomic mass is 32.1. The number of aromatic nitrogens is 2. The van der Waals surface area contributed by atoms with Crippen molar-refractivity contribution in [1.82, 2.24) is 9.55 Å². The zero-order valence-electron chi connectivity index (χ0n) is 10.3. The van der Waals surface area contributed by atoms with Gasteiger partial charge in [0.15, 0.2) is 4.77 Å². The van der Waals surface area contributed by atoms with E-state index in [-0.39, 0.29) is 6.10 Å². The fourth-order valence-corrected chi connectivity index (χ4v) is 1.90. The number of imidazole rings is 1. The standard InChI is InChI=1S/C11H20N2O2S/c1-8(2)10-5-12-11(16)13(10)6-9(15-4)7-14-3/h5,8-9H,6-7H2,1-4H3,(H,12,16). The summed E-state index contributed by atoms with van der Waals surface area (Å²) in [5.74, 6) is 0.438.